The van der Waals surface area contributed by atoms with Crippen molar-refractivity contribution in [3.63, 3.8) is 0 Å². The Balaban J connectivity index is 1.45. The van der Waals surface area contributed by atoms with Gasteiger partial charge in [0.1, 0.15) is 11.0 Å². The van der Waals surface area contributed by atoms with Gasteiger partial charge in [-0.1, -0.05) is 0 Å². The van der Waals surface area contributed by atoms with Crippen molar-refractivity contribution < 1.29 is 24.0 Å². The zero-order chi connectivity index (χ0) is 19.5. The molecule has 2 atom stereocenters. The predicted octanol–water partition coefficient (Wildman–Crippen LogP) is 1.37. The normalized spacial score (nSPS) is 21.1. The number of nitrogens with two attached hydrogens (primary N) is 1. The molecule has 1 unspecified atom stereocenters. The fourth-order valence-electron chi connectivity index (χ4n) is 3.90. The number of carbonyl (C=O) groups excluding carboxylic acids is 2. The van der Waals surface area contributed by atoms with Gasteiger partial charge in [-0.2, -0.15) is 0 Å². The van der Waals surface area contributed by atoms with Crippen molar-refractivity contribution >= 4 is 28.2 Å². The van der Waals surface area contributed by atoms with E-state index < -0.39 is 5.91 Å². The standard InChI is InChI=1S/C20H23N3O4S/c21-19(25)14-6-10-28-20(14)22-18(24)12-23-7-1-3-15(23)13-4-5-16-17(11-13)27-9-2-8-26-16/h4-6,10-11,15H,1-3,7-9,12H2,(H2,21,25)(H,22,24)/p+1/t15-/m1/s1. The number of amides is 2. The number of primary amides is 1. The number of ether oxygens (including phenoxy) is 2. The molecule has 2 aliphatic heterocycles. The van der Waals surface area contributed by atoms with Gasteiger partial charge in [0.05, 0.1) is 25.3 Å². The Hall–Kier alpha value is -2.58. The number of fused-ring (bicyclic) bond motifs is 1. The van der Waals surface area contributed by atoms with Crippen molar-refractivity contribution in [2.24, 2.45) is 5.73 Å². The highest BCUT2D eigenvalue weighted by atomic mass is 32.1. The molecule has 4 N–H and O–H groups in total. The molecule has 8 heteroatoms. The van der Waals surface area contributed by atoms with E-state index in [1.807, 2.05) is 6.07 Å². The summed E-state index contributed by atoms with van der Waals surface area (Å²) in [4.78, 5) is 25.2. The van der Waals surface area contributed by atoms with E-state index in [1.165, 1.54) is 21.8 Å². The van der Waals surface area contributed by atoms with Crippen LogP contribution in [0.5, 0.6) is 11.5 Å². The first-order valence-electron chi connectivity index (χ1n) is 9.53. The number of rotatable bonds is 5. The van der Waals surface area contributed by atoms with E-state index >= 15 is 0 Å². The average Bonchev–Trinajstić information content (AvgIpc) is 3.25. The van der Waals surface area contributed by atoms with Gasteiger partial charge < -0.3 is 25.4 Å². The second-order valence-electron chi connectivity index (χ2n) is 7.11. The molecule has 2 aromatic rings. The maximum absolute atomic E-state index is 12.6. The Bertz CT molecular complexity index is 882. The summed E-state index contributed by atoms with van der Waals surface area (Å²) in [6.45, 7) is 2.60. The molecule has 1 aromatic carbocycles. The lowest BCUT2D eigenvalue weighted by Crippen LogP contribution is -3.11. The van der Waals surface area contributed by atoms with E-state index in [0.717, 1.165) is 37.3 Å². The minimum atomic E-state index is -0.532. The Labute approximate surface area is 167 Å². The maximum atomic E-state index is 12.6. The third-order valence-corrected chi connectivity index (χ3v) is 6.06. The van der Waals surface area contributed by atoms with Crippen LogP contribution < -0.4 is 25.4 Å². The quantitative estimate of drug-likeness (QED) is 0.704. The second-order valence-corrected chi connectivity index (χ2v) is 8.03. The number of likely N-dealkylation sites (tertiary alicyclic amines) is 1. The molecular weight excluding hydrogens is 378 g/mol. The first-order chi connectivity index (χ1) is 13.6. The van der Waals surface area contributed by atoms with Gasteiger partial charge in [0.2, 0.25) is 0 Å². The summed E-state index contributed by atoms with van der Waals surface area (Å²) in [6.07, 6.45) is 2.96. The fourth-order valence-corrected chi connectivity index (χ4v) is 4.71. The van der Waals surface area contributed by atoms with Crippen molar-refractivity contribution in [3.8, 4) is 11.5 Å². The zero-order valence-electron chi connectivity index (χ0n) is 15.5. The summed E-state index contributed by atoms with van der Waals surface area (Å²) < 4.78 is 11.5. The summed E-state index contributed by atoms with van der Waals surface area (Å²) >= 11 is 1.31. The van der Waals surface area contributed by atoms with Gasteiger partial charge in [-0.05, 0) is 29.6 Å². The number of hydrogen-bond acceptors (Lipinski definition) is 5. The third kappa shape index (κ3) is 3.98. The summed E-state index contributed by atoms with van der Waals surface area (Å²) in [5, 5.41) is 5.11. The van der Waals surface area contributed by atoms with Crippen molar-refractivity contribution in [1.82, 2.24) is 0 Å². The number of thiophene rings is 1. The number of carbonyl (C=O) groups is 2. The molecule has 2 aliphatic rings. The lowest BCUT2D eigenvalue weighted by Gasteiger charge is -2.22. The molecule has 1 aromatic heterocycles. The topological polar surface area (TPSA) is 95.1 Å². The molecule has 4 rings (SSSR count). The van der Waals surface area contributed by atoms with Crippen LogP contribution in [0.2, 0.25) is 0 Å². The number of nitrogens with one attached hydrogen (secondary N) is 2. The molecule has 0 bridgehead atoms. The van der Waals surface area contributed by atoms with Crippen LogP contribution in [0.3, 0.4) is 0 Å². The number of quaternary nitrogens is 1. The summed E-state index contributed by atoms with van der Waals surface area (Å²) in [5.41, 5.74) is 6.87. The third-order valence-electron chi connectivity index (χ3n) is 5.23. The van der Waals surface area contributed by atoms with E-state index in [0.29, 0.717) is 30.3 Å². The average molecular weight is 402 g/mol. The lowest BCUT2D eigenvalue weighted by atomic mass is 10.0. The molecule has 1 fully saturated rings. The molecule has 0 spiro atoms. The monoisotopic (exact) mass is 402 g/mol. The first-order valence-corrected chi connectivity index (χ1v) is 10.4. The molecule has 2 amide bonds. The van der Waals surface area contributed by atoms with Crippen molar-refractivity contribution in [2.75, 3.05) is 31.6 Å². The molecular formula is C20H24N3O4S+. The Morgan fingerprint density at radius 1 is 1.18 bits per heavy atom. The van der Waals surface area contributed by atoms with Crippen LogP contribution in [-0.2, 0) is 4.79 Å². The predicted molar refractivity (Wildman–Crippen MR) is 106 cm³/mol. The molecule has 148 valence electrons. The molecule has 28 heavy (non-hydrogen) atoms. The number of anilines is 1. The van der Waals surface area contributed by atoms with E-state index in [1.54, 1.807) is 11.4 Å². The van der Waals surface area contributed by atoms with Gasteiger partial charge in [0.25, 0.3) is 11.8 Å². The SMILES string of the molecule is NC(=O)c1ccsc1NC(=O)C[NH+]1CCC[C@@H]1c1ccc2c(c1)OCCCO2. The molecule has 0 radical (unpaired) electrons. The lowest BCUT2D eigenvalue weighted by molar-refractivity contribution is -0.910. The van der Waals surface area contributed by atoms with Crippen LogP contribution in [-0.4, -0.2) is 38.1 Å². The van der Waals surface area contributed by atoms with Gasteiger partial charge in [-0.15, -0.1) is 11.3 Å². The minimum absolute atomic E-state index is 0.110. The van der Waals surface area contributed by atoms with Gasteiger partial charge in [-0.25, -0.2) is 0 Å². The second kappa shape index (κ2) is 8.20. The van der Waals surface area contributed by atoms with E-state index in [2.05, 4.69) is 17.4 Å². The molecule has 3 heterocycles. The van der Waals surface area contributed by atoms with E-state index in [-0.39, 0.29) is 11.9 Å². The zero-order valence-corrected chi connectivity index (χ0v) is 16.3. The van der Waals surface area contributed by atoms with Gasteiger partial charge >= 0.3 is 0 Å². The summed E-state index contributed by atoms with van der Waals surface area (Å²) in [5.74, 6) is 0.932. The van der Waals surface area contributed by atoms with Crippen LogP contribution in [0, 0.1) is 0 Å². The highest BCUT2D eigenvalue weighted by molar-refractivity contribution is 7.14. The highest BCUT2D eigenvalue weighted by Gasteiger charge is 2.32. The maximum Gasteiger partial charge on any atom is 0.280 e. The van der Waals surface area contributed by atoms with E-state index in [9.17, 15) is 9.59 Å². The van der Waals surface area contributed by atoms with Crippen LogP contribution in [0.15, 0.2) is 29.6 Å². The molecule has 0 aliphatic carbocycles. The van der Waals surface area contributed by atoms with Crippen LogP contribution in [0.1, 0.15) is 41.2 Å². The van der Waals surface area contributed by atoms with Crippen LogP contribution in [0.25, 0.3) is 0 Å². The smallest absolute Gasteiger partial charge is 0.280 e. The highest BCUT2D eigenvalue weighted by Crippen LogP contribution is 2.33. The van der Waals surface area contributed by atoms with Crippen LogP contribution in [0.4, 0.5) is 5.00 Å². The Morgan fingerprint density at radius 3 is 2.82 bits per heavy atom. The van der Waals surface area contributed by atoms with Gasteiger partial charge in [0.15, 0.2) is 18.0 Å². The van der Waals surface area contributed by atoms with Crippen molar-refractivity contribution in [2.45, 2.75) is 25.3 Å². The first kappa shape index (κ1) is 18.8. The largest absolute Gasteiger partial charge is 0.490 e. The summed E-state index contributed by atoms with van der Waals surface area (Å²) in [7, 11) is 0. The molecule has 7 nitrogen and oxygen atoms in total. The Morgan fingerprint density at radius 2 is 2.00 bits per heavy atom. The molecule has 1 saturated heterocycles. The van der Waals surface area contributed by atoms with Crippen molar-refractivity contribution in [3.05, 3.63) is 40.8 Å². The number of hydrogen-bond donors (Lipinski definition) is 3. The Kier molecular flexibility index (Phi) is 5.50. The number of benzene rings is 1. The van der Waals surface area contributed by atoms with Gasteiger partial charge in [0, 0.05) is 24.8 Å². The fraction of sp³-hybridized carbons (Fsp3) is 0.400. The summed E-state index contributed by atoms with van der Waals surface area (Å²) in [6, 6.07) is 7.97. The van der Waals surface area contributed by atoms with Crippen LogP contribution >= 0.6 is 11.3 Å². The van der Waals surface area contributed by atoms with Gasteiger partial charge in [-0.3, -0.25) is 9.59 Å². The molecule has 0 saturated carbocycles. The van der Waals surface area contributed by atoms with E-state index in [4.69, 9.17) is 15.2 Å². The minimum Gasteiger partial charge on any atom is -0.490 e. The van der Waals surface area contributed by atoms with Crippen molar-refractivity contribution in [1.29, 1.82) is 0 Å².